The predicted molar refractivity (Wildman–Crippen MR) is 78.0 cm³/mol. The number of nitrogens with two attached hydrogens (primary N) is 1. The molecule has 0 unspecified atom stereocenters. The van der Waals surface area contributed by atoms with Crippen molar-refractivity contribution in [3.05, 3.63) is 28.8 Å². The van der Waals surface area contributed by atoms with Crippen LogP contribution in [0.4, 0.5) is 5.69 Å². The third-order valence-electron chi connectivity index (χ3n) is 3.48. The van der Waals surface area contributed by atoms with Gasteiger partial charge in [-0.05, 0) is 31.0 Å². The quantitative estimate of drug-likeness (QED) is 0.853. The van der Waals surface area contributed by atoms with Gasteiger partial charge in [-0.3, -0.25) is 0 Å². The first kappa shape index (κ1) is 12.7. The van der Waals surface area contributed by atoms with E-state index >= 15 is 0 Å². The average molecular weight is 269 g/mol. The normalized spacial score (nSPS) is 16.1. The Morgan fingerprint density at radius 2 is 2.06 bits per heavy atom. The van der Waals surface area contributed by atoms with E-state index in [1.165, 1.54) is 25.7 Å². The van der Waals surface area contributed by atoms with Crippen LogP contribution >= 0.6 is 23.8 Å². The summed E-state index contributed by atoms with van der Waals surface area (Å²) in [6, 6.07) is 6.28. The van der Waals surface area contributed by atoms with Gasteiger partial charge in [0, 0.05) is 29.4 Å². The molecule has 2 rings (SSSR count). The summed E-state index contributed by atoms with van der Waals surface area (Å²) in [4.78, 5) is 2.70. The van der Waals surface area contributed by atoms with Crippen molar-refractivity contribution in [3.63, 3.8) is 0 Å². The van der Waals surface area contributed by atoms with Gasteiger partial charge in [0.1, 0.15) is 4.99 Å². The van der Waals surface area contributed by atoms with Crippen LogP contribution in [0.3, 0.4) is 0 Å². The van der Waals surface area contributed by atoms with Crippen LogP contribution in [0.5, 0.6) is 0 Å². The van der Waals surface area contributed by atoms with Gasteiger partial charge in [0.2, 0.25) is 0 Å². The maximum Gasteiger partial charge on any atom is 0.106 e. The number of nitrogens with zero attached hydrogens (tertiary/aromatic N) is 1. The highest BCUT2D eigenvalue weighted by atomic mass is 35.5. The molecule has 1 aromatic carbocycles. The van der Waals surface area contributed by atoms with Crippen LogP contribution in [0.1, 0.15) is 31.2 Å². The third kappa shape index (κ3) is 2.72. The molecule has 17 heavy (non-hydrogen) atoms. The zero-order valence-corrected chi connectivity index (χ0v) is 11.5. The summed E-state index contributed by atoms with van der Waals surface area (Å²) in [6.07, 6.45) is 5.08. The second kappa shape index (κ2) is 5.23. The fourth-order valence-corrected chi connectivity index (χ4v) is 2.83. The maximum absolute atomic E-state index is 6.06. The molecule has 0 aliphatic heterocycles. The van der Waals surface area contributed by atoms with Gasteiger partial charge < -0.3 is 10.6 Å². The van der Waals surface area contributed by atoms with Crippen molar-refractivity contribution in [2.24, 2.45) is 5.73 Å². The summed E-state index contributed by atoms with van der Waals surface area (Å²) in [6.45, 7) is 0. The van der Waals surface area contributed by atoms with Gasteiger partial charge in [-0.15, -0.1) is 0 Å². The minimum absolute atomic E-state index is 0.432. The topological polar surface area (TPSA) is 29.3 Å². The van der Waals surface area contributed by atoms with E-state index < -0.39 is 0 Å². The van der Waals surface area contributed by atoms with Crippen LogP contribution in [0.25, 0.3) is 0 Å². The third-order valence-corrected chi connectivity index (χ3v) is 3.93. The van der Waals surface area contributed by atoms with Crippen LogP contribution < -0.4 is 10.6 Å². The van der Waals surface area contributed by atoms with E-state index in [1.54, 1.807) is 0 Å². The largest absolute Gasteiger partial charge is 0.389 e. The lowest BCUT2D eigenvalue weighted by Crippen LogP contribution is -2.30. The first-order valence-corrected chi connectivity index (χ1v) is 6.70. The standard InChI is InChI=1S/C13H17ClN2S/c1-16(10-4-2-3-5-10)12-8-9(14)6-7-11(12)13(15)17/h6-8,10H,2-5H2,1H3,(H2,15,17). The molecule has 2 nitrogen and oxygen atoms in total. The van der Waals surface area contributed by atoms with Crippen molar-refractivity contribution >= 4 is 34.5 Å². The highest BCUT2D eigenvalue weighted by Crippen LogP contribution is 2.31. The van der Waals surface area contributed by atoms with Crippen molar-refractivity contribution in [1.82, 2.24) is 0 Å². The molecule has 0 saturated heterocycles. The molecule has 4 heteroatoms. The zero-order valence-electron chi connectivity index (χ0n) is 9.95. The Balaban J connectivity index is 2.34. The van der Waals surface area contributed by atoms with Crippen LogP contribution in [0.2, 0.25) is 5.02 Å². The molecule has 1 saturated carbocycles. The number of hydrogen-bond donors (Lipinski definition) is 1. The Hall–Kier alpha value is -0.800. The van der Waals surface area contributed by atoms with E-state index in [0.29, 0.717) is 11.0 Å². The molecule has 1 aliphatic carbocycles. The highest BCUT2D eigenvalue weighted by Gasteiger charge is 2.22. The first-order valence-electron chi connectivity index (χ1n) is 5.92. The van der Waals surface area contributed by atoms with Crippen LogP contribution in [-0.2, 0) is 0 Å². The molecule has 2 N–H and O–H groups in total. The minimum Gasteiger partial charge on any atom is -0.389 e. The summed E-state index contributed by atoms with van der Waals surface area (Å²) < 4.78 is 0. The number of halogens is 1. The second-order valence-electron chi connectivity index (χ2n) is 4.57. The smallest absolute Gasteiger partial charge is 0.106 e. The summed E-state index contributed by atoms with van der Waals surface area (Å²) in [5, 5.41) is 0.727. The van der Waals surface area contributed by atoms with Gasteiger partial charge in [-0.2, -0.15) is 0 Å². The monoisotopic (exact) mass is 268 g/mol. The first-order chi connectivity index (χ1) is 8.09. The fraction of sp³-hybridized carbons (Fsp3) is 0.462. The fourth-order valence-electron chi connectivity index (χ4n) is 2.49. The molecule has 0 bridgehead atoms. The SMILES string of the molecule is CN(c1cc(Cl)ccc1C(N)=S)C1CCCC1. The van der Waals surface area contributed by atoms with Crippen molar-refractivity contribution in [2.75, 3.05) is 11.9 Å². The van der Waals surface area contributed by atoms with Crippen LogP contribution in [0.15, 0.2) is 18.2 Å². The summed E-state index contributed by atoms with van der Waals surface area (Å²) >= 11 is 11.2. The van der Waals surface area contributed by atoms with E-state index in [0.717, 1.165) is 16.3 Å². The molecule has 0 heterocycles. The molecule has 0 amide bonds. The molecule has 0 atom stereocenters. The van der Waals surface area contributed by atoms with Gasteiger partial charge in [0.25, 0.3) is 0 Å². The molecule has 1 fully saturated rings. The Bertz CT molecular complexity index is 427. The number of hydrogen-bond acceptors (Lipinski definition) is 2. The molecule has 0 aromatic heterocycles. The summed E-state index contributed by atoms with van der Waals surface area (Å²) in [7, 11) is 2.10. The van der Waals surface area contributed by atoms with Crippen LogP contribution in [-0.4, -0.2) is 18.1 Å². The average Bonchev–Trinajstić information content (AvgIpc) is 2.80. The van der Waals surface area contributed by atoms with E-state index in [2.05, 4.69) is 11.9 Å². The van der Waals surface area contributed by atoms with Crippen molar-refractivity contribution in [3.8, 4) is 0 Å². The number of thiocarbonyl (C=S) groups is 1. The van der Waals surface area contributed by atoms with Gasteiger partial charge in [-0.1, -0.05) is 36.7 Å². The molecular formula is C13H17ClN2S. The molecule has 1 aliphatic rings. The lowest BCUT2D eigenvalue weighted by atomic mass is 10.1. The van der Waals surface area contributed by atoms with Crippen molar-refractivity contribution in [1.29, 1.82) is 0 Å². The van der Waals surface area contributed by atoms with Crippen LogP contribution in [0, 0.1) is 0 Å². The van der Waals surface area contributed by atoms with Gasteiger partial charge in [0.15, 0.2) is 0 Å². The number of benzene rings is 1. The summed E-state index contributed by atoms with van der Waals surface area (Å²) in [5.41, 5.74) is 7.73. The maximum atomic E-state index is 6.06. The Labute approximate surface area is 113 Å². The Kier molecular flexibility index (Phi) is 3.89. The lowest BCUT2D eigenvalue weighted by Gasteiger charge is -2.28. The van der Waals surface area contributed by atoms with E-state index in [-0.39, 0.29) is 0 Å². The minimum atomic E-state index is 0.432. The van der Waals surface area contributed by atoms with Gasteiger partial charge >= 0.3 is 0 Å². The number of rotatable bonds is 3. The van der Waals surface area contributed by atoms with Gasteiger partial charge in [-0.25, -0.2) is 0 Å². The molecular weight excluding hydrogens is 252 g/mol. The predicted octanol–water partition coefficient (Wildman–Crippen LogP) is 3.35. The van der Waals surface area contributed by atoms with Crippen molar-refractivity contribution in [2.45, 2.75) is 31.7 Å². The van der Waals surface area contributed by atoms with Crippen molar-refractivity contribution < 1.29 is 0 Å². The summed E-state index contributed by atoms with van der Waals surface area (Å²) in [5.74, 6) is 0. The van der Waals surface area contributed by atoms with E-state index in [9.17, 15) is 0 Å². The Morgan fingerprint density at radius 3 is 2.65 bits per heavy atom. The molecule has 1 aromatic rings. The van der Waals surface area contributed by atoms with E-state index in [1.807, 2.05) is 18.2 Å². The van der Waals surface area contributed by atoms with E-state index in [4.69, 9.17) is 29.6 Å². The zero-order chi connectivity index (χ0) is 12.4. The molecule has 0 spiro atoms. The van der Waals surface area contributed by atoms with Gasteiger partial charge in [0.05, 0.1) is 0 Å². The molecule has 0 radical (unpaired) electrons. The highest BCUT2D eigenvalue weighted by molar-refractivity contribution is 7.80. The molecule has 92 valence electrons. The number of anilines is 1. The Morgan fingerprint density at radius 1 is 1.41 bits per heavy atom. The second-order valence-corrected chi connectivity index (χ2v) is 5.45. The lowest BCUT2D eigenvalue weighted by molar-refractivity contribution is 0.653.